The Bertz CT molecular complexity index is 433. The van der Waals surface area contributed by atoms with Gasteiger partial charge in [-0.1, -0.05) is 0 Å². The number of nitrogens with zero attached hydrogens (tertiary/aromatic N) is 1. The maximum Gasteiger partial charge on any atom is 0.269 e. The summed E-state index contributed by atoms with van der Waals surface area (Å²) >= 11 is 1.71. The number of benzene rings is 1. The monoisotopic (exact) mass is 268 g/mol. The number of ether oxygens (including phenoxy) is 1. The quantitative estimate of drug-likeness (QED) is 0.504. The number of nitro benzene ring substituents is 1. The maximum absolute atomic E-state index is 10.7. The summed E-state index contributed by atoms with van der Waals surface area (Å²) in [5.41, 5.74) is 7.35. The van der Waals surface area contributed by atoms with Gasteiger partial charge in [0.15, 0.2) is 0 Å². The van der Waals surface area contributed by atoms with Crippen LogP contribution in [0, 0.1) is 10.1 Å². The number of thioether (sulfide) groups is 1. The zero-order valence-electron chi connectivity index (χ0n) is 10.0. The highest BCUT2D eigenvalue weighted by Crippen LogP contribution is 2.25. The van der Waals surface area contributed by atoms with Crippen LogP contribution < -0.4 is 5.73 Å². The van der Waals surface area contributed by atoms with E-state index >= 15 is 0 Å². The molecule has 6 heteroatoms. The third-order valence-corrected chi connectivity index (χ3v) is 4.05. The zero-order valence-corrected chi connectivity index (χ0v) is 10.8. The molecule has 1 saturated heterocycles. The predicted molar refractivity (Wildman–Crippen MR) is 72.6 cm³/mol. The molecule has 1 aromatic rings. The van der Waals surface area contributed by atoms with E-state index in [2.05, 4.69) is 0 Å². The molecular weight excluding hydrogens is 252 g/mol. The van der Waals surface area contributed by atoms with Gasteiger partial charge in [0.25, 0.3) is 5.69 Å². The highest BCUT2D eigenvalue weighted by Gasteiger charge is 2.16. The van der Waals surface area contributed by atoms with Crippen LogP contribution in [0.25, 0.3) is 0 Å². The van der Waals surface area contributed by atoms with Crippen molar-refractivity contribution in [2.75, 3.05) is 18.1 Å². The summed E-state index contributed by atoms with van der Waals surface area (Å²) in [6.45, 7) is 0.851. The van der Waals surface area contributed by atoms with Crippen molar-refractivity contribution >= 4 is 23.1 Å². The second kappa shape index (κ2) is 6.06. The van der Waals surface area contributed by atoms with Gasteiger partial charge in [0.05, 0.1) is 11.0 Å². The van der Waals surface area contributed by atoms with Gasteiger partial charge in [0.1, 0.15) is 0 Å². The number of nitrogen functional groups attached to an aromatic ring is 1. The van der Waals surface area contributed by atoms with Crippen molar-refractivity contribution in [1.29, 1.82) is 0 Å². The number of nitrogens with two attached hydrogens (primary N) is 1. The Morgan fingerprint density at radius 2 is 2.39 bits per heavy atom. The Labute approximate surface area is 110 Å². The fourth-order valence-corrected chi connectivity index (χ4v) is 3.02. The SMILES string of the molecule is Nc1ccc([N+](=O)[O-])cc1CSCC1CCCO1. The Morgan fingerprint density at radius 1 is 1.56 bits per heavy atom. The molecule has 2 rings (SSSR count). The van der Waals surface area contributed by atoms with Crippen molar-refractivity contribution in [3.63, 3.8) is 0 Å². The second-order valence-electron chi connectivity index (χ2n) is 4.29. The van der Waals surface area contributed by atoms with Crippen molar-refractivity contribution < 1.29 is 9.66 Å². The van der Waals surface area contributed by atoms with Crippen molar-refractivity contribution in [3.8, 4) is 0 Å². The van der Waals surface area contributed by atoms with E-state index in [9.17, 15) is 10.1 Å². The third-order valence-electron chi connectivity index (χ3n) is 2.92. The highest BCUT2D eigenvalue weighted by molar-refractivity contribution is 7.98. The van der Waals surface area contributed by atoms with E-state index in [4.69, 9.17) is 10.5 Å². The number of hydrogen-bond donors (Lipinski definition) is 1. The van der Waals surface area contributed by atoms with Crippen LogP contribution in [-0.4, -0.2) is 23.4 Å². The molecular formula is C12H16N2O3S. The predicted octanol–water partition coefficient (Wildman–Crippen LogP) is 2.59. The Kier molecular flexibility index (Phi) is 4.43. The molecule has 1 aliphatic heterocycles. The average molecular weight is 268 g/mol. The Hall–Kier alpha value is -1.27. The van der Waals surface area contributed by atoms with Gasteiger partial charge < -0.3 is 10.5 Å². The van der Waals surface area contributed by atoms with E-state index in [0.29, 0.717) is 17.5 Å². The molecule has 0 radical (unpaired) electrons. The first-order chi connectivity index (χ1) is 8.66. The van der Waals surface area contributed by atoms with Crippen LogP contribution in [0.2, 0.25) is 0 Å². The molecule has 0 aliphatic carbocycles. The smallest absolute Gasteiger partial charge is 0.269 e. The van der Waals surface area contributed by atoms with Crippen LogP contribution in [-0.2, 0) is 10.5 Å². The molecule has 1 fully saturated rings. The molecule has 1 unspecified atom stereocenters. The number of non-ortho nitro benzene ring substituents is 1. The van der Waals surface area contributed by atoms with Gasteiger partial charge in [-0.15, -0.1) is 0 Å². The fraction of sp³-hybridized carbons (Fsp3) is 0.500. The summed E-state index contributed by atoms with van der Waals surface area (Å²) in [5.74, 6) is 1.61. The van der Waals surface area contributed by atoms with Crippen LogP contribution in [0.4, 0.5) is 11.4 Å². The Morgan fingerprint density at radius 3 is 3.06 bits per heavy atom. The summed E-state index contributed by atoms with van der Waals surface area (Å²) in [4.78, 5) is 10.3. The van der Waals surface area contributed by atoms with Crippen molar-refractivity contribution in [2.45, 2.75) is 24.7 Å². The minimum absolute atomic E-state index is 0.0944. The molecule has 0 aromatic heterocycles. The topological polar surface area (TPSA) is 78.4 Å². The molecule has 98 valence electrons. The normalized spacial score (nSPS) is 19.0. The zero-order chi connectivity index (χ0) is 13.0. The molecule has 5 nitrogen and oxygen atoms in total. The van der Waals surface area contributed by atoms with E-state index < -0.39 is 4.92 Å². The van der Waals surface area contributed by atoms with Gasteiger partial charge in [-0.05, 0) is 24.5 Å². The first-order valence-electron chi connectivity index (χ1n) is 5.89. The molecule has 0 amide bonds. The summed E-state index contributed by atoms with van der Waals surface area (Å²) < 4.78 is 5.52. The van der Waals surface area contributed by atoms with Crippen LogP contribution in [0.3, 0.4) is 0 Å². The highest BCUT2D eigenvalue weighted by atomic mass is 32.2. The minimum Gasteiger partial charge on any atom is -0.398 e. The van der Waals surface area contributed by atoms with Crippen LogP contribution in [0.5, 0.6) is 0 Å². The third kappa shape index (κ3) is 3.36. The summed E-state index contributed by atoms with van der Waals surface area (Å²) in [6, 6.07) is 4.58. The van der Waals surface area contributed by atoms with Gasteiger partial charge in [0.2, 0.25) is 0 Å². The van der Waals surface area contributed by atoms with Gasteiger partial charge in [-0.3, -0.25) is 10.1 Å². The van der Waals surface area contributed by atoms with Gasteiger partial charge in [0, 0.05) is 35.9 Å². The van der Waals surface area contributed by atoms with Gasteiger partial charge in [-0.25, -0.2) is 0 Å². The number of nitro groups is 1. The van der Waals surface area contributed by atoms with E-state index in [1.54, 1.807) is 23.9 Å². The molecule has 0 saturated carbocycles. The van der Waals surface area contributed by atoms with E-state index in [-0.39, 0.29) is 5.69 Å². The van der Waals surface area contributed by atoms with E-state index in [1.807, 2.05) is 0 Å². The lowest BCUT2D eigenvalue weighted by molar-refractivity contribution is -0.384. The fourth-order valence-electron chi connectivity index (χ4n) is 1.91. The summed E-state index contributed by atoms with van der Waals surface area (Å²) in [6.07, 6.45) is 2.57. The van der Waals surface area contributed by atoms with Crippen molar-refractivity contribution in [3.05, 3.63) is 33.9 Å². The van der Waals surface area contributed by atoms with Gasteiger partial charge >= 0.3 is 0 Å². The lowest BCUT2D eigenvalue weighted by Crippen LogP contribution is -2.08. The molecule has 18 heavy (non-hydrogen) atoms. The van der Waals surface area contributed by atoms with Gasteiger partial charge in [-0.2, -0.15) is 11.8 Å². The first-order valence-corrected chi connectivity index (χ1v) is 7.04. The molecule has 2 N–H and O–H groups in total. The molecule has 0 spiro atoms. The molecule has 1 heterocycles. The summed E-state index contributed by atoms with van der Waals surface area (Å²) in [7, 11) is 0. The van der Waals surface area contributed by atoms with Crippen LogP contribution in [0.1, 0.15) is 18.4 Å². The molecule has 1 aromatic carbocycles. The second-order valence-corrected chi connectivity index (χ2v) is 5.32. The molecule has 1 aliphatic rings. The number of anilines is 1. The lowest BCUT2D eigenvalue weighted by atomic mass is 10.2. The van der Waals surface area contributed by atoms with E-state index in [0.717, 1.165) is 30.8 Å². The van der Waals surface area contributed by atoms with Crippen LogP contribution in [0.15, 0.2) is 18.2 Å². The first kappa shape index (κ1) is 13.2. The number of rotatable bonds is 5. The summed E-state index contributed by atoms with van der Waals surface area (Å²) in [5, 5.41) is 10.7. The van der Waals surface area contributed by atoms with Crippen molar-refractivity contribution in [1.82, 2.24) is 0 Å². The van der Waals surface area contributed by atoms with Crippen molar-refractivity contribution in [2.24, 2.45) is 0 Å². The number of hydrogen-bond acceptors (Lipinski definition) is 5. The minimum atomic E-state index is -0.395. The molecule has 1 atom stereocenters. The van der Waals surface area contributed by atoms with Crippen LogP contribution >= 0.6 is 11.8 Å². The molecule has 0 bridgehead atoms. The Balaban J connectivity index is 1.91. The average Bonchev–Trinajstić information content (AvgIpc) is 2.84. The maximum atomic E-state index is 10.7. The standard InChI is InChI=1S/C12H16N2O3S/c13-12-4-3-10(14(15)16)6-9(12)7-18-8-11-2-1-5-17-11/h3-4,6,11H,1-2,5,7-8,13H2. The van der Waals surface area contributed by atoms with E-state index in [1.165, 1.54) is 6.07 Å². The lowest BCUT2D eigenvalue weighted by Gasteiger charge is -2.09. The largest absolute Gasteiger partial charge is 0.398 e.